The molecule has 2 nitrogen and oxygen atoms in total. The molecule has 0 aromatic heterocycles. The molecule has 0 N–H and O–H groups in total. The molecule has 16 heavy (non-hydrogen) atoms. The maximum atomic E-state index is 13.7. The minimum atomic E-state index is -0.178. The van der Waals surface area contributed by atoms with Crippen LogP contribution in [0.2, 0.25) is 0 Å². The first-order chi connectivity index (χ1) is 7.75. The number of ketones is 1. The highest BCUT2D eigenvalue weighted by atomic mass is 19.1. The van der Waals surface area contributed by atoms with Gasteiger partial charge in [0.05, 0.1) is 5.69 Å². The van der Waals surface area contributed by atoms with Crippen LogP contribution in [0.3, 0.4) is 0 Å². The highest BCUT2D eigenvalue weighted by Gasteiger charge is 2.39. The third-order valence-electron chi connectivity index (χ3n) is 3.76. The van der Waals surface area contributed by atoms with Crippen molar-refractivity contribution in [2.24, 2.45) is 5.92 Å². The van der Waals surface area contributed by atoms with Gasteiger partial charge < -0.3 is 4.90 Å². The van der Waals surface area contributed by atoms with E-state index in [1.54, 1.807) is 12.1 Å². The lowest BCUT2D eigenvalue weighted by Crippen LogP contribution is -2.52. The number of rotatable bonds is 1. The number of Topliss-reactive ketones (excluding diaryl/α,β-unsaturated/α-hetero) is 1. The van der Waals surface area contributed by atoms with E-state index in [0.29, 0.717) is 24.4 Å². The quantitative estimate of drug-likeness (QED) is 0.722. The van der Waals surface area contributed by atoms with Crippen LogP contribution in [0.25, 0.3) is 0 Å². The van der Waals surface area contributed by atoms with E-state index < -0.39 is 0 Å². The molecule has 1 aliphatic carbocycles. The monoisotopic (exact) mass is 219 g/mol. The molecule has 2 saturated heterocycles. The van der Waals surface area contributed by atoms with Gasteiger partial charge in [0.2, 0.25) is 0 Å². The Bertz CT molecular complexity index is 432. The summed E-state index contributed by atoms with van der Waals surface area (Å²) in [5.74, 6) is 0.316. The third-order valence-corrected chi connectivity index (χ3v) is 3.76. The first-order valence-electron chi connectivity index (χ1n) is 5.79. The van der Waals surface area contributed by atoms with Gasteiger partial charge in [-0.15, -0.1) is 0 Å². The Morgan fingerprint density at radius 3 is 2.69 bits per heavy atom. The molecule has 2 unspecified atom stereocenters. The van der Waals surface area contributed by atoms with Crippen LogP contribution in [0, 0.1) is 11.7 Å². The lowest BCUT2D eigenvalue weighted by atomic mass is 9.78. The van der Waals surface area contributed by atoms with Crippen LogP contribution in [0.4, 0.5) is 10.1 Å². The van der Waals surface area contributed by atoms with Gasteiger partial charge in [0.25, 0.3) is 0 Å². The van der Waals surface area contributed by atoms with Crippen molar-refractivity contribution >= 4 is 11.5 Å². The molecule has 1 aromatic carbocycles. The van der Waals surface area contributed by atoms with Gasteiger partial charge >= 0.3 is 0 Å². The Balaban J connectivity index is 1.93. The maximum Gasteiger partial charge on any atom is 0.146 e. The van der Waals surface area contributed by atoms with E-state index >= 15 is 0 Å². The summed E-state index contributed by atoms with van der Waals surface area (Å²) in [4.78, 5) is 13.7. The van der Waals surface area contributed by atoms with Gasteiger partial charge in [-0.3, -0.25) is 4.79 Å². The molecule has 84 valence electrons. The number of nitrogens with zero attached hydrogens (tertiary/aromatic N) is 1. The van der Waals surface area contributed by atoms with E-state index in [9.17, 15) is 9.18 Å². The van der Waals surface area contributed by atoms with Crippen LogP contribution in [0.5, 0.6) is 0 Å². The fourth-order valence-electron chi connectivity index (χ4n) is 2.88. The van der Waals surface area contributed by atoms with Crippen molar-refractivity contribution in [1.82, 2.24) is 0 Å². The molecule has 4 rings (SSSR count). The molecule has 0 spiro atoms. The standard InChI is InChI=1S/C13H14FNO/c14-11-3-1-2-4-12(11)15-8-9-5-6-10(15)7-13(9)16/h1-4,9-10H,5-8H2. The van der Waals surface area contributed by atoms with E-state index in [0.717, 1.165) is 12.8 Å². The number of carbonyl (C=O) groups is 1. The Morgan fingerprint density at radius 1 is 1.25 bits per heavy atom. The molecule has 2 heterocycles. The predicted octanol–water partition coefficient (Wildman–Crippen LogP) is 2.38. The molecule has 3 heteroatoms. The zero-order valence-electron chi connectivity index (χ0n) is 9.03. The Labute approximate surface area is 94.1 Å². The SMILES string of the molecule is O=C1CC2CCC1CN2c1ccccc1F. The molecule has 3 aliphatic rings. The van der Waals surface area contributed by atoms with Gasteiger partial charge in [0, 0.05) is 24.9 Å². The molecule has 0 radical (unpaired) electrons. The molecular formula is C13H14FNO. The summed E-state index contributed by atoms with van der Waals surface area (Å²) in [6, 6.07) is 7.06. The largest absolute Gasteiger partial charge is 0.365 e. The first kappa shape index (κ1) is 9.82. The second-order valence-electron chi connectivity index (χ2n) is 4.70. The molecule has 2 bridgehead atoms. The highest BCUT2D eigenvalue weighted by Crippen LogP contribution is 2.36. The Morgan fingerprint density at radius 2 is 2.06 bits per heavy atom. The molecule has 1 aromatic rings. The van der Waals surface area contributed by atoms with E-state index in [1.165, 1.54) is 6.07 Å². The van der Waals surface area contributed by atoms with Crippen LogP contribution >= 0.6 is 0 Å². The number of anilines is 1. The smallest absolute Gasteiger partial charge is 0.146 e. The molecular weight excluding hydrogens is 205 g/mol. The number of benzene rings is 1. The van der Waals surface area contributed by atoms with Crippen molar-refractivity contribution in [3.8, 4) is 0 Å². The first-order valence-corrected chi connectivity index (χ1v) is 5.79. The summed E-state index contributed by atoms with van der Waals surface area (Å²) in [6.07, 6.45) is 2.60. The third kappa shape index (κ3) is 1.42. The van der Waals surface area contributed by atoms with Crippen molar-refractivity contribution in [3.63, 3.8) is 0 Å². The van der Waals surface area contributed by atoms with Crippen LogP contribution in [0.1, 0.15) is 19.3 Å². The minimum Gasteiger partial charge on any atom is -0.365 e. The van der Waals surface area contributed by atoms with E-state index in [2.05, 4.69) is 4.90 Å². The number of piperidine rings is 2. The van der Waals surface area contributed by atoms with Crippen LogP contribution in [0.15, 0.2) is 24.3 Å². The Kier molecular flexibility index (Phi) is 2.20. The summed E-state index contributed by atoms with van der Waals surface area (Å²) in [5, 5.41) is 0. The number of halogens is 1. The predicted molar refractivity (Wildman–Crippen MR) is 59.9 cm³/mol. The molecule has 1 saturated carbocycles. The van der Waals surface area contributed by atoms with Gasteiger partial charge in [0.1, 0.15) is 11.6 Å². The van der Waals surface area contributed by atoms with Crippen molar-refractivity contribution < 1.29 is 9.18 Å². The lowest BCUT2D eigenvalue weighted by molar-refractivity contribution is -0.126. The van der Waals surface area contributed by atoms with Crippen LogP contribution in [-0.2, 0) is 4.79 Å². The molecule has 0 amide bonds. The van der Waals surface area contributed by atoms with Crippen molar-refractivity contribution in [2.45, 2.75) is 25.3 Å². The summed E-state index contributed by atoms with van der Waals surface area (Å²) >= 11 is 0. The maximum absolute atomic E-state index is 13.7. The van der Waals surface area contributed by atoms with Gasteiger partial charge in [-0.2, -0.15) is 0 Å². The summed E-state index contributed by atoms with van der Waals surface area (Å²) in [5.41, 5.74) is 0.657. The lowest BCUT2D eigenvalue weighted by Gasteiger charge is -2.45. The average Bonchev–Trinajstić information content (AvgIpc) is 2.30. The van der Waals surface area contributed by atoms with E-state index in [4.69, 9.17) is 0 Å². The van der Waals surface area contributed by atoms with Crippen molar-refractivity contribution in [2.75, 3.05) is 11.4 Å². The normalized spacial score (nSPS) is 28.6. The van der Waals surface area contributed by atoms with Crippen LogP contribution in [-0.4, -0.2) is 18.4 Å². The van der Waals surface area contributed by atoms with Gasteiger partial charge in [-0.25, -0.2) is 4.39 Å². The molecule has 2 aliphatic heterocycles. The topological polar surface area (TPSA) is 20.3 Å². The van der Waals surface area contributed by atoms with Crippen molar-refractivity contribution in [1.29, 1.82) is 0 Å². The highest BCUT2D eigenvalue weighted by molar-refractivity contribution is 5.85. The fraction of sp³-hybridized carbons (Fsp3) is 0.462. The van der Waals surface area contributed by atoms with Crippen molar-refractivity contribution in [3.05, 3.63) is 30.1 Å². The summed E-state index contributed by atoms with van der Waals surface area (Å²) < 4.78 is 13.7. The zero-order chi connectivity index (χ0) is 11.1. The number of para-hydroxylation sites is 1. The second kappa shape index (κ2) is 3.58. The number of fused-ring (bicyclic) bond motifs is 3. The summed E-state index contributed by atoms with van der Waals surface area (Å²) in [6.45, 7) is 0.699. The summed E-state index contributed by atoms with van der Waals surface area (Å²) in [7, 11) is 0. The molecule has 3 fully saturated rings. The average molecular weight is 219 g/mol. The zero-order valence-corrected chi connectivity index (χ0v) is 9.03. The van der Waals surface area contributed by atoms with Gasteiger partial charge in [-0.05, 0) is 25.0 Å². The number of hydrogen-bond acceptors (Lipinski definition) is 2. The van der Waals surface area contributed by atoms with E-state index in [1.807, 2.05) is 6.07 Å². The van der Waals surface area contributed by atoms with Crippen LogP contribution < -0.4 is 4.90 Å². The minimum absolute atomic E-state index is 0.129. The van der Waals surface area contributed by atoms with Gasteiger partial charge in [0.15, 0.2) is 0 Å². The van der Waals surface area contributed by atoms with E-state index in [-0.39, 0.29) is 17.8 Å². The second-order valence-corrected chi connectivity index (χ2v) is 4.70. The number of carbonyl (C=O) groups excluding carboxylic acids is 1. The molecule has 2 atom stereocenters. The Hall–Kier alpha value is -1.38. The number of hydrogen-bond donors (Lipinski definition) is 0. The fourth-order valence-corrected chi connectivity index (χ4v) is 2.88. The van der Waals surface area contributed by atoms with Gasteiger partial charge in [-0.1, -0.05) is 12.1 Å².